The first kappa shape index (κ1) is 27.4. The van der Waals surface area contributed by atoms with Crippen molar-refractivity contribution in [1.29, 1.82) is 0 Å². The number of hydrogen-bond donors (Lipinski definition) is 2. The molecule has 0 bridgehead atoms. The van der Waals surface area contributed by atoms with Crippen LogP contribution in [-0.4, -0.2) is 94.7 Å². The number of aliphatic hydroxyl groups is 1. The van der Waals surface area contributed by atoms with Crippen LogP contribution in [0, 0.1) is 0 Å². The topological polar surface area (TPSA) is 112 Å². The normalized spacial score (nSPS) is 21.7. The molecule has 0 spiro atoms. The van der Waals surface area contributed by atoms with Crippen molar-refractivity contribution in [3.63, 3.8) is 0 Å². The fourth-order valence-corrected chi connectivity index (χ4v) is 4.70. The zero-order valence-electron chi connectivity index (χ0n) is 22.2. The molecule has 1 atom stereocenters. The molecule has 4 rings (SSSR count). The SMILES string of the molecule is CC(=O)N1CCN(Cc2ccc(OCCN3C(=O)NC(C)(C)C3=O)cc2)C[C@@](O)(COc2ccccc2)C1. The lowest BCUT2D eigenvalue weighted by molar-refractivity contribution is -0.132. The summed E-state index contributed by atoms with van der Waals surface area (Å²) in [6.45, 7) is 7.55. The van der Waals surface area contributed by atoms with Gasteiger partial charge in [-0.15, -0.1) is 0 Å². The van der Waals surface area contributed by atoms with E-state index < -0.39 is 17.2 Å². The van der Waals surface area contributed by atoms with Crippen LogP contribution in [0.15, 0.2) is 54.6 Å². The number of amides is 4. The van der Waals surface area contributed by atoms with Crippen LogP contribution in [0.1, 0.15) is 26.3 Å². The van der Waals surface area contributed by atoms with Gasteiger partial charge in [0.15, 0.2) is 0 Å². The van der Waals surface area contributed by atoms with Gasteiger partial charge in [0.25, 0.3) is 5.91 Å². The fraction of sp³-hybridized carbons (Fsp3) is 0.464. The molecule has 2 saturated heterocycles. The zero-order valence-corrected chi connectivity index (χ0v) is 22.2. The number of ether oxygens (including phenoxy) is 2. The molecule has 10 nitrogen and oxygen atoms in total. The Morgan fingerprint density at radius 1 is 0.974 bits per heavy atom. The number of nitrogens with one attached hydrogen (secondary N) is 1. The predicted molar refractivity (Wildman–Crippen MR) is 141 cm³/mol. The fourth-order valence-electron chi connectivity index (χ4n) is 4.70. The first-order chi connectivity index (χ1) is 18.0. The van der Waals surface area contributed by atoms with Crippen LogP contribution in [0.25, 0.3) is 0 Å². The van der Waals surface area contributed by atoms with Crippen molar-refractivity contribution < 1.29 is 29.0 Å². The number of carbonyl (C=O) groups is 3. The Kier molecular flexibility index (Phi) is 8.23. The molecule has 0 radical (unpaired) electrons. The van der Waals surface area contributed by atoms with Gasteiger partial charge in [-0.05, 0) is 43.7 Å². The predicted octanol–water partition coefficient (Wildman–Crippen LogP) is 1.87. The molecule has 38 heavy (non-hydrogen) atoms. The quantitative estimate of drug-likeness (QED) is 0.482. The van der Waals surface area contributed by atoms with E-state index in [-0.39, 0.29) is 38.1 Å². The van der Waals surface area contributed by atoms with Crippen LogP contribution < -0.4 is 14.8 Å². The number of carbonyl (C=O) groups excluding carboxylic acids is 3. The Morgan fingerprint density at radius 3 is 2.29 bits per heavy atom. The van der Waals surface area contributed by atoms with Crippen LogP contribution in [-0.2, 0) is 16.1 Å². The van der Waals surface area contributed by atoms with Crippen molar-refractivity contribution >= 4 is 17.8 Å². The molecule has 0 saturated carbocycles. The highest BCUT2D eigenvalue weighted by atomic mass is 16.5. The highest BCUT2D eigenvalue weighted by Crippen LogP contribution is 2.21. The molecule has 4 amide bonds. The minimum Gasteiger partial charge on any atom is -0.492 e. The number of imide groups is 1. The summed E-state index contributed by atoms with van der Waals surface area (Å²) in [7, 11) is 0. The average molecular weight is 525 g/mol. The molecule has 2 aliphatic rings. The van der Waals surface area contributed by atoms with E-state index in [0.717, 1.165) is 5.56 Å². The summed E-state index contributed by atoms with van der Waals surface area (Å²) < 4.78 is 11.6. The summed E-state index contributed by atoms with van der Waals surface area (Å²) in [4.78, 5) is 41.4. The molecule has 10 heteroatoms. The van der Waals surface area contributed by atoms with E-state index in [4.69, 9.17) is 9.47 Å². The number of nitrogens with zero attached hydrogens (tertiary/aromatic N) is 3. The molecule has 0 aromatic heterocycles. The van der Waals surface area contributed by atoms with Crippen LogP contribution in [0.2, 0.25) is 0 Å². The molecule has 2 fully saturated rings. The maximum absolute atomic E-state index is 12.3. The van der Waals surface area contributed by atoms with E-state index in [2.05, 4.69) is 10.2 Å². The number of para-hydroxylation sites is 1. The molecule has 2 aromatic carbocycles. The third-order valence-electron chi connectivity index (χ3n) is 6.74. The largest absolute Gasteiger partial charge is 0.492 e. The van der Waals surface area contributed by atoms with Gasteiger partial charge in [-0.2, -0.15) is 0 Å². The van der Waals surface area contributed by atoms with E-state index >= 15 is 0 Å². The van der Waals surface area contributed by atoms with Gasteiger partial charge in [-0.3, -0.25) is 19.4 Å². The minimum absolute atomic E-state index is 0.0683. The maximum atomic E-state index is 12.3. The van der Waals surface area contributed by atoms with E-state index in [9.17, 15) is 19.5 Å². The number of β-amino-alcohol motifs (C(OH)–C–C–N with tert-alkyl or cyclic N) is 1. The van der Waals surface area contributed by atoms with Crippen molar-refractivity contribution in [1.82, 2.24) is 20.0 Å². The number of benzene rings is 2. The summed E-state index contributed by atoms with van der Waals surface area (Å²) in [5.74, 6) is 0.950. The summed E-state index contributed by atoms with van der Waals surface area (Å²) >= 11 is 0. The van der Waals surface area contributed by atoms with Gasteiger partial charge in [-0.1, -0.05) is 30.3 Å². The van der Waals surface area contributed by atoms with Crippen molar-refractivity contribution in [2.75, 3.05) is 45.9 Å². The molecule has 204 valence electrons. The van der Waals surface area contributed by atoms with Gasteiger partial charge in [0.1, 0.15) is 35.9 Å². The maximum Gasteiger partial charge on any atom is 0.325 e. The summed E-state index contributed by atoms with van der Waals surface area (Å²) in [5.41, 5.74) is -1.10. The third-order valence-corrected chi connectivity index (χ3v) is 6.74. The zero-order chi connectivity index (χ0) is 27.3. The smallest absolute Gasteiger partial charge is 0.325 e. The van der Waals surface area contributed by atoms with Gasteiger partial charge in [0.2, 0.25) is 5.91 Å². The Hall–Kier alpha value is -3.63. The van der Waals surface area contributed by atoms with Crippen LogP contribution >= 0.6 is 0 Å². The molecular weight excluding hydrogens is 488 g/mol. The average Bonchev–Trinajstić information content (AvgIpc) is 2.99. The Balaban J connectivity index is 1.33. The number of urea groups is 1. The van der Waals surface area contributed by atoms with Crippen LogP contribution in [0.4, 0.5) is 4.79 Å². The molecule has 2 N–H and O–H groups in total. The van der Waals surface area contributed by atoms with Crippen LogP contribution in [0.5, 0.6) is 11.5 Å². The second-order valence-corrected chi connectivity index (χ2v) is 10.5. The molecule has 2 aliphatic heterocycles. The lowest BCUT2D eigenvalue weighted by Crippen LogP contribution is -2.51. The van der Waals surface area contributed by atoms with Crippen molar-refractivity contribution in [2.24, 2.45) is 0 Å². The van der Waals surface area contributed by atoms with Gasteiger partial charge < -0.3 is 24.8 Å². The summed E-state index contributed by atoms with van der Waals surface area (Å²) in [5, 5.41) is 14.1. The van der Waals surface area contributed by atoms with E-state index in [0.29, 0.717) is 37.7 Å². The Morgan fingerprint density at radius 2 is 1.66 bits per heavy atom. The highest BCUT2D eigenvalue weighted by molar-refractivity contribution is 6.06. The lowest BCUT2D eigenvalue weighted by atomic mass is 10.0. The van der Waals surface area contributed by atoms with Crippen molar-refractivity contribution in [2.45, 2.75) is 38.5 Å². The van der Waals surface area contributed by atoms with E-state index in [1.165, 1.54) is 11.8 Å². The molecule has 2 aromatic rings. The van der Waals surface area contributed by atoms with Crippen molar-refractivity contribution in [3.05, 3.63) is 60.2 Å². The molecule has 0 unspecified atom stereocenters. The third kappa shape index (κ3) is 6.81. The monoisotopic (exact) mass is 524 g/mol. The second kappa shape index (κ2) is 11.4. The first-order valence-electron chi connectivity index (χ1n) is 12.8. The van der Waals surface area contributed by atoms with Gasteiger partial charge in [-0.25, -0.2) is 4.79 Å². The summed E-state index contributed by atoms with van der Waals surface area (Å²) in [6, 6.07) is 16.5. The van der Waals surface area contributed by atoms with Crippen molar-refractivity contribution in [3.8, 4) is 11.5 Å². The number of rotatable bonds is 9. The molecule has 0 aliphatic carbocycles. The molecular formula is C28H36N4O6. The van der Waals surface area contributed by atoms with Gasteiger partial charge >= 0.3 is 6.03 Å². The molecule has 2 heterocycles. The van der Waals surface area contributed by atoms with E-state index in [1.54, 1.807) is 18.7 Å². The second-order valence-electron chi connectivity index (χ2n) is 10.5. The standard InChI is InChI=1S/C28H36N4O6/c1-21(33)31-14-13-30(18-28(36,19-31)20-38-23-7-5-4-6-8-23)17-22-9-11-24(12-10-22)37-16-15-32-25(34)27(2,3)29-26(32)35/h4-12,36H,13-20H2,1-3H3,(H,29,35)/t28-/m0/s1. The Labute approximate surface area is 223 Å². The van der Waals surface area contributed by atoms with Gasteiger partial charge in [0, 0.05) is 33.1 Å². The lowest BCUT2D eigenvalue weighted by Gasteiger charge is -2.32. The van der Waals surface area contributed by atoms with E-state index in [1.807, 2.05) is 54.6 Å². The minimum atomic E-state index is -1.23. The highest BCUT2D eigenvalue weighted by Gasteiger charge is 2.44. The first-order valence-corrected chi connectivity index (χ1v) is 12.8. The Bertz CT molecular complexity index is 1140. The van der Waals surface area contributed by atoms with Gasteiger partial charge in [0.05, 0.1) is 13.1 Å². The van der Waals surface area contributed by atoms with Crippen LogP contribution in [0.3, 0.4) is 0 Å². The number of hydrogen-bond acceptors (Lipinski definition) is 7. The summed E-state index contributed by atoms with van der Waals surface area (Å²) in [6.07, 6.45) is 0.